The lowest BCUT2D eigenvalue weighted by atomic mass is 10.1. The van der Waals surface area contributed by atoms with Gasteiger partial charge < -0.3 is 15.2 Å². The van der Waals surface area contributed by atoms with Gasteiger partial charge in [-0.3, -0.25) is 4.79 Å². The first-order chi connectivity index (χ1) is 9.24. The number of thioether (sulfide) groups is 1. The second-order valence-corrected chi connectivity index (χ2v) is 5.58. The minimum absolute atomic E-state index is 0.0313. The van der Waals surface area contributed by atoms with E-state index in [4.69, 9.17) is 15.2 Å². The maximum absolute atomic E-state index is 11.8. The summed E-state index contributed by atoms with van der Waals surface area (Å²) in [6.45, 7) is 0.360. The van der Waals surface area contributed by atoms with E-state index in [1.54, 1.807) is 19.2 Å². The van der Waals surface area contributed by atoms with Crippen LogP contribution >= 0.6 is 11.8 Å². The van der Waals surface area contributed by atoms with Gasteiger partial charge >= 0.3 is 0 Å². The van der Waals surface area contributed by atoms with E-state index in [2.05, 4.69) is 0 Å². The van der Waals surface area contributed by atoms with Gasteiger partial charge in [0.2, 0.25) is 0 Å². The standard InChI is InChI=1S/C14H19NO3S/c1-17-14-8-10(12(16)4-6-15)2-3-13(14)18-11-5-7-19-9-11/h2-3,8,11H,4-7,9,15H2,1H3. The minimum Gasteiger partial charge on any atom is -0.493 e. The monoisotopic (exact) mass is 281 g/mol. The zero-order valence-electron chi connectivity index (χ0n) is 11.1. The molecule has 5 heteroatoms. The maximum Gasteiger partial charge on any atom is 0.164 e. The van der Waals surface area contributed by atoms with E-state index in [-0.39, 0.29) is 11.9 Å². The quantitative estimate of drug-likeness (QED) is 0.809. The first kappa shape index (κ1) is 14.2. The Morgan fingerprint density at radius 3 is 2.95 bits per heavy atom. The molecule has 0 saturated carbocycles. The Hall–Kier alpha value is -1.20. The summed E-state index contributed by atoms with van der Waals surface area (Å²) in [4.78, 5) is 11.8. The third kappa shape index (κ3) is 3.64. The van der Waals surface area contributed by atoms with Crippen molar-refractivity contribution in [2.75, 3.05) is 25.2 Å². The van der Waals surface area contributed by atoms with Crippen molar-refractivity contribution in [1.29, 1.82) is 0 Å². The summed E-state index contributed by atoms with van der Waals surface area (Å²) >= 11 is 1.90. The third-order valence-corrected chi connectivity index (χ3v) is 4.17. The van der Waals surface area contributed by atoms with Crippen molar-refractivity contribution >= 4 is 17.5 Å². The molecule has 1 atom stereocenters. The van der Waals surface area contributed by atoms with Crippen LogP contribution in [0.25, 0.3) is 0 Å². The van der Waals surface area contributed by atoms with Crippen LogP contribution in [-0.4, -0.2) is 37.0 Å². The topological polar surface area (TPSA) is 61.5 Å². The lowest BCUT2D eigenvalue weighted by Gasteiger charge is -2.16. The van der Waals surface area contributed by atoms with E-state index in [9.17, 15) is 4.79 Å². The summed E-state index contributed by atoms with van der Waals surface area (Å²) in [7, 11) is 1.59. The zero-order chi connectivity index (χ0) is 13.7. The van der Waals surface area contributed by atoms with Gasteiger partial charge in [-0.25, -0.2) is 0 Å². The number of ketones is 1. The van der Waals surface area contributed by atoms with Crippen LogP contribution in [0.3, 0.4) is 0 Å². The van der Waals surface area contributed by atoms with Crippen LogP contribution in [0.5, 0.6) is 11.5 Å². The highest BCUT2D eigenvalue weighted by Crippen LogP contribution is 2.32. The van der Waals surface area contributed by atoms with E-state index in [0.29, 0.717) is 30.0 Å². The van der Waals surface area contributed by atoms with Gasteiger partial charge in [-0.05, 0) is 36.9 Å². The summed E-state index contributed by atoms with van der Waals surface area (Å²) in [5, 5.41) is 0. The van der Waals surface area contributed by atoms with Crippen molar-refractivity contribution in [3.8, 4) is 11.5 Å². The second kappa shape index (κ2) is 6.82. The van der Waals surface area contributed by atoms with Gasteiger partial charge in [-0.1, -0.05) is 0 Å². The molecule has 2 rings (SSSR count). The predicted octanol–water partition coefficient (Wildman–Crippen LogP) is 2.11. The molecule has 2 N–H and O–H groups in total. The van der Waals surface area contributed by atoms with Crippen molar-refractivity contribution in [3.63, 3.8) is 0 Å². The van der Waals surface area contributed by atoms with E-state index >= 15 is 0 Å². The van der Waals surface area contributed by atoms with Crippen LogP contribution in [0, 0.1) is 0 Å². The molecule has 19 heavy (non-hydrogen) atoms. The van der Waals surface area contributed by atoms with Crippen LogP contribution in [0.1, 0.15) is 23.2 Å². The molecule has 104 valence electrons. The molecule has 4 nitrogen and oxygen atoms in total. The number of carbonyl (C=O) groups excluding carboxylic acids is 1. The fourth-order valence-corrected chi connectivity index (χ4v) is 3.09. The first-order valence-electron chi connectivity index (χ1n) is 6.40. The van der Waals surface area contributed by atoms with E-state index < -0.39 is 0 Å². The SMILES string of the molecule is COc1cc(C(=O)CCN)ccc1OC1CCSC1. The van der Waals surface area contributed by atoms with Crippen molar-refractivity contribution in [2.45, 2.75) is 18.9 Å². The van der Waals surface area contributed by atoms with E-state index in [1.165, 1.54) is 0 Å². The fraction of sp³-hybridized carbons (Fsp3) is 0.500. The fourth-order valence-electron chi connectivity index (χ4n) is 2.00. The van der Waals surface area contributed by atoms with Crippen molar-refractivity contribution < 1.29 is 14.3 Å². The highest BCUT2D eigenvalue weighted by molar-refractivity contribution is 7.99. The predicted molar refractivity (Wildman–Crippen MR) is 77.4 cm³/mol. The van der Waals surface area contributed by atoms with Crippen molar-refractivity contribution in [2.24, 2.45) is 5.73 Å². The van der Waals surface area contributed by atoms with Crippen LogP contribution < -0.4 is 15.2 Å². The summed E-state index contributed by atoms with van der Waals surface area (Å²) in [6, 6.07) is 5.32. The number of benzene rings is 1. The number of Topliss-reactive ketones (excluding diaryl/α,β-unsaturated/α-hetero) is 1. The van der Waals surface area contributed by atoms with Gasteiger partial charge in [-0.2, -0.15) is 11.8 Å². The lowest BCUT2D eigenvalue weighted by molar-refractivity contribution is 0.0985. The van der Waals surface area contributed by atoms with Gasteiger partial charge in [0, 0.05) is 17.7 Å². The molecule has 0 aliphatic carbocycles. The van der Waals surface area contributed by atoms with Crippen LogP contribution in [0.2, 0.25) is 0 Å². The molecule has 0 amide bonds. The van der Waals surface area contributed by atoms with Gasteiger partial charge in [0.1, 0.15) is 6.10 Å². The number of ether oxygens (including phenoxy) is 2. The Bertz CT molecular complexity index is 444. The average Bonchev–Trinajstić information content (AvgIpc) is 2.92. The molecule has 0 aromatic heterocycles. The average molecular weight is 281 g/mol. The van der Waals surface area contributed by atoms with Crippen LogP contribution in [0.15, 0.2) is 18.2 Å². The van der Waals surface area contributed by atoms with Crippen LogP contribution in [0.4, 0.5) is 0 Å². The maximum atomic E-state index is 11.8. The molecule has 0 spiro atoms. The van der Waals surface area contributed by atoms with E-state index in [0.717, 1.165) is 17.9 Å². The Kier molecular flexibility index (Phi) is 5.10. The second-order valence-electron chi connectivity index (χ2n) is 4.43. The molecule has 0 bridgehead atoms. The number of hydrogen-bond acceptors (Lipinski definition) is 5. The highest BCUT2D eigenvalue weighted by Gasteiger charge is 2.19. The van der Waals surface area contributed by atoms with Crippen LogP contribution in [-0.2, 0) is 0 Å². The Morgan fingerprint density at radius 1 is 1.47 bits per heavy atom. The Morgan fingerprint density at radius 2 is 2.32 bits per heavy atom. The third-order valence-electron chi connectivity index (χ3n) is 3.04. The number of nitrogens with two attached hydrogens (primary N) is 1. The normalized spacial score (nSPS) is 18.3. The molecular formula is C14H19NO3S. The number of rotatable bonds is 6. The Labute approximate surface area is 117 Å². The number of carbonyl (C=O) groups is 1. The highest BCUT2D eigenvalue weighted by atomic mass is 32.2. The summed E-state index contributed by atoms with van der Waals surface area (Å²) in [5.74, 6) is 3.50. The molecule has 1 saturated heterocycles. The van der Waals surface area contributed by atoms with Gasteiger partial charge in [0.05, 0.1) is 7.11 Å². The largest absolute Gasteiger partial charge is 0.493 e. The molecule has 1 aliphatic rings. The summed E-state index contributed by atoms with van der Waals surface area (Å²) < 4.78 is 11.2. The molecule has 1 aliphatic heterocycles. The first-order valence-corrected chi connectivity index (χ1v) is 7.55. The lowest BCUT2D eigenvalue weighted by Crippen LogP contribution is -2.15. The van der Waals surface area contributed by atoms with Gasteiger partial charge in [-0.15, -0.1) is 0 Å². The molecule has 1 heterocycles. The molecular weight excluding hydrogens is 262 g/mol. The van der Waals surface area contributed by atoms with Gasteiger partial charge in [0.25, 0.3) is 0 Å². The summed E-state index contributed by atoms with van der Waals surface area (Å²) in [5.41, 5.74) is 6.02. The smallest absolute Gasteiger partial charge is 0.164 e. The molecule has 1 fully saturated rings. The Balaban J connectivity index is 2.13. The summed E-state index contributed by atoms with van der Waals surface area (Å²) in [6.07, 6.45) is 1.65. The molecule has 1 aromatic rings. The molecule has 0 radical (unpaired) electrons. The number of methoxy groups -OCH3 is 1. The number of hydrogen-bond donors (Lipinski definition) is 1. The molecule has 1 aromatic carbocycles. The van der Waals surface area contributed by atoms with Crippen molar-refractivity contribution in [3.05, 3.63) is 23.8 Å². The van der Waals surface area contributed by atoms with Crippen molar-refractivity contribution in [1.82, 2.24) is 0 Å². The molecule has 1 unspecified atom stereocenters. The zero-order valence-corrected chi connectivity index (χ0v) is 11.9. The van der Waals surface area contributed by atoms with Gasteiger partial charge in [0.15, 0.2) is 17.3 Å². The van der Waals surface area contributed by atoms with E-state index in [1.807, 2.05) is 17.8 Å². The minimum atomic E-state index is 0.0313.